The number of benzene rings is 3. The van der Waals surface area contributed by atoms with Gasteiger partial charge in [-0.2, -0.15) is 0 Å². The van der Waals surface area contributed by atoms with E-state index in [1.165, 1.54) is 29.0 Å². The van der Waals surface area contributed by atoms with E-state index in [2.05, 4.69) is 36.5 Å². The predicted octanol–water partition coefficient (Wildman–Crippen LogP) is 6.19. The molecule has 0 saturated carbocycles. The molecule has 3 aromatic carbocycles. The minimum atomic E-state index is -0.371. The minimum Gasteiger partial charge on any atom is -0.321 e. The molecule has 0 unspecified atom stereocenters. The Bertz CT molecular complexity index is 1110. The standard InChI is InChI=1S/C23H18FNOS/c1-15-9-11-16(12-10-15)13-20-19-7-2-3-8-21(19)27-22(20)23(26)25-18-6-4-5-17(24)14-18/h2-12,14H,13H2,1H3,(H,25,26). The predicted molar refractivity (Wildman–Crippen MR) is 110 cm³/mol. The van der Waals surface area contributed by atoms with Gasteiger partial charge in [0.25, 0.3) is 5.91 Å². The molecule has 0 aliphatic carbocycles. The highest BCUT2D eigenvalue weighted by Gasteiger charge is 2.19. The van der Waals surface area contributed by atoms with Crippen LogP contribution in [0.4, 0.5) is 10.1 Å². The molecule has 0 bridgehead atoms. The molecule has 4 aromatic rings. The molecular weight excluding hydrogens is 357 g/mol. The molecule has 0 saturated heterocycles. The van der Waals surface area contributed by atoms with Gasteiger partial charge in [-0.05, 0) is 54.1 Å². The zero-order chi connectivity index (χ0) is 18.8. The number of rotatable bonds is 4. The second kappa shape index (κ2) is 7.33. The van der Waals surface area contributed by atoms with Crippen LogP contribution in [0, 0.1) is 12.7 Å². The molecule has 2 nitrogen and oxygen atoms in total. The lowest BCUT2D eigenvalue weighted by Crippen LogP contribution is -2.12. The third-order valence-electron chi connectivity index (χ3n) is 4.49. The lowest BCUT2D eigenvalue weighted by Gasteiger charge is -2.08. The molecule has 4 heteroatoms. The fraction of sp³-hybridized carbons (Fsp3) is 0.0870. The van der Waals surface area contributed by atoms with Gasteiger partial charge in [0.2, 0.25) is 0 Å². The summed E-state index contributed by atoms with van der Waals surface area (Å²) in [5.74, 6) is -0.576. The Balaban J connectivity index is 1.73. The van der Waals surface area contributed by atoms with Crippen LogP contribution >= 0.6 is 11.3 Å². The van der Waals surface area contributed by atoms with Crippen molar-refractivity contribution in [1.82, 2.24) is 0 Å². The van der Waals surface area contributed by atoms with Crippen LogP contribution in [-0.2, 0) is 6.42 Å². The number of aryl methyl sites for hydroxylation is 1. The normalized spacial score (nSPS) is 10.9. The lowest BCUT2D eigenvalue weighted by molar-refractivity contribution is 0.103. The van der Waals surface area contributed by atoms with Crippen molar-refractivity contribution in [1.29, 1.82) is 0 Å². The van der Waals surface area contributed by atoms with E-state index in [4.69, 9.17) is 0 Å². The average Bonchev–Trinajstić information content (AvgIpc) is 3.02. The Morgan fingerprint density at radius 2 is 1.78 bits per heavy atom. The highest BCUT2D eigenvalue weighted by molar-refractivity contribution is 7.21. The number of nitrogens with one attached hydrogen (secondary N) is 1. The monoisotopic (exact) mass is 375 g/mol. The largest absolute Gasteiger partial charge is 0.321 e. The summed E-state index contributed by atoms with van der Waals surface area (Å²) in [6.07, 6.45) is 0.677. The number of amides is 1. The fourth-order valence-electron chi connectivity index (χ4n) is 3.12. The molecule has 0 spiro atoms. The molecule has 1 heterocycles. The van der Waals surface area contributed by atoms with E-state index >= 15 is 0 Å². The summed E-state index contributed by atoms with van der Waals surface area (Å²) in [7, 11) is 0. The summed E-state index contributed by atoms with van der Waals surface area (Å²) >= 11 is 1.47. The van der Waals surface area contributed by atoms with Gasteiger partial charge in [-0.1, -0.05) is 54.1 Å². The maximum absolute atomic E-state index is 13.4. The molecule has 1 aromatic heterocycles. The van der Waals surface area contributed by atoms with E-state index in [0.717, 1.165) is 21.2 Å². The van der Waals surface area contributed by atoms with Crippen molar-refractivity contribution in [3.05, 3.63) is 100 Å². The van der Waals surface area contributed by atoms with Crippen LogP contribution in [0.15, 0.2) is 72.8 Å². The molecule has 0 fully saturated rings. The first-order valence-electron chi connectivity index (χ1n) is 8.73. The topological polar surface area (TPSA) is 29.1 Å². The van der Waals surface area contributed by atoms with Gasteiger partial charge in [-0.25, -0.2) is 4.39 Å². The van der Waals surface area contributed by atoms with Crippen LogP contribution in [0.2, 0.25) is 0 Å². The van der Waals surface area contributed by atoms with Crippen molar-refractivity contribution in [3.63, 3.8) is 0 Å². The Morgan fingerprint density at radius 1 is 1.00 bits per heavy atom. The minimum absolute atomic E-state index is 0.205. The number of thiophene rings is 1. The highest BCUT2D eigenvalue weighted by Crippen LogP contribution is 2.33. The van der Waals surface area contributed by atoms with E-state index in [-0.39, 0.29) is 11.7 Å². The third kappa shape index (κ3) is 3.76. The smallest absolute Gasteiger partial charge is 0.266 e. The zero-order valence-electron chi connectivity index (χ0n) is 14.8. The van der Waals surface area contributed by atoms with Crippen LogP contribution in [0.3, 0.4) is 0 Å². The van der Waals surface area contributed by atoms with Gasteiger partial charge >= 0.3 is 0 Å². The van der Waals surface area contributed by atoms with Crippen molar-refractivity contribution in [3.8, 4) is 0 Å². The van der Waals surface area contributed by atoms with Crippen LogP contribution < -0.4 is 5.32 Å². The summed E-state index contributed by atoms with van der Waals surface area (Å²) in [5.41, 5.74) is 3.83. The lowest BCUT2D eigenvalue weighted by atomic mass is 10.0. The van der Waals surface area contributed by atoms with Gasteiger partial charge in [0, 0.05) is 10.4 Å². The number of anilines is 1. The molecule has 0 aliphatic rings. The second-order valence-electron chi connectivity index (χ2n) is 6.53. The number of carbonyl (C=O) groups is 1. The zero-order valence-corrected chi connectivity index (χ0v) is 15.6. The van der Waals surface area contributed by atoms with Gasteiger partial charge in [-0.15, -0.1) is 11.3 Å². The molecule has 0 atom stereocenters. The number of halogens is 1. The fourth-order valence-corrected chi connectivity index (χ4v) is 4.24. The molecule has 0 aliphatic heterocycles. The van der Waals surface area contributed by atoms with E-state index in [0.29, 0.717) is 17.0 Å². The van der Waals surface area contributed by atoms with Crippen LogP contribution in [0.5, 0.6) is 0 Å². The summed E-state index contributed by atoms with van der Waals surface area (Å²) in [6.45, 7) is 2.06. The molecule has 0 radical (unpaired) electrons. The first-order valence-corrected chi connectivity index (χ1v) is 9.55. The van der Waals surface area contributed by atoms with E-state index in [9.17, 15) is 9.18 Å². The SMILES string of the molecule is Cc1ccc(Cc2c(C(=O)Nc3cccc(F)c3)sc3ccccc23)cc1. The van der Waals surface area contributed by atoms with E-state index < -0.39 is 0 Å². The van der Waals surface area contributed by atoms with Gasteiger partial charge in [0.05, 0.1) is 4.88 Å². The van der Waals surface area contributed by atoms with Gasteiger partial charge < -0.3 is 5.32 Å². The molecular formula is C23H18FNOS. The van der Waals surface area contributed by atoms with Crippen molar-refractivity contribution < 1.29 is 9.18 Å². The van der Waals surface area contributed by atoms with Gasteiger partial charge in [0.15, 0.2) is 0 Å². The van der Waals surface area contributed by atoms with Crippen LogP contribution in [-0.4, -0.2) is 5.91 Å². The Morgan fingerprint density at radius 3 is 2.56 bits per heavy atom. The first-order chi connectivity index (χ1) is 13.1. The molecule has 134 valence electrons. The molecule has 27 heavy (non-hydrogen) atoms. The van der Waals surface area contributed by atoms with E-state index in [1.54, 1.807) is 12.1 Å². The van der Waals surface area contributed by atoms with Crippen molar-refractivity contribution in [2.45, 2.75) is 13.3 Å². The average molecular weight is 375 g/mol. The second-order valence-corrected chi connectivity index (χ2v) is 7.58. The molecule has 1 N–H and O–H groups in total. The summed E-state index contributed by atoms with van der Waals surface area (Å²) in [6, 6.07) is 22.3. The van der Waals surface area contributed by atoms with Crippen LogP contribution in [0.1, 0.15) is 26.4 Å². The van der Waals surface area contributed by atoms with Crippen LogP contribution in [0.25, 0.3) is 10.1 Å². The maximum Gasteiger partial charge on any atom is 0.266 e. The van der Waals surface area contributed by atoms with Crippen molar-refractivity contribution >= 4 is 33.0 Å². The first kappa shape index (κ1) is 17.4. The van der Waals surface area contributed by atoms with Gasteiger partial charge in [0.1, 0.15) is 5.82 Å². The number of hydrogen-bond acceptors (Lipinski definition) is 2. The molecule has 4 rings (SSSR count). The summed E-state index contributed by atoms with van der Waals surface area (Å²) in [4.78, 5) is 13.6. The summed E-state index contributed by atoms with van der Waals surface area (Å²) in [5, 5.41) is 3.92. The van der Waals surface area contributed by atoms with Crippen molar-refractivity contribution in [2.75, 3.05) is 5.32 Å². The van der Waals surface area contributed by atoms with E-state index in [1.807, 2.05) is 24.3 Å². The quantitative estimate of drug-likeness (QED) is 0.452. The number of hydrogen-bond donors (Lipinski definition) is 1. The number of carbonyl (C=O) groups excluding carboxylic acids is 1. The third-order valence-corrected chi connectivity index (χ3v) is 5.70. The Kier molecular flexibility index (Phi) is 4.73. The highest BCUT2D eigenvalue weighted by atomic mass is 32.1. The molecule has 1 amide bonds. The van der Waals surface area contributed by atoms with Crippen molar-refractivity contribution in [2.24, 2.45) is 0 Å². The maximum atomic E-state index is 13.4. The number of fused-ring (bicyclic) bond motifs is 1. The Hall–Kier alpha value is -2.98. The Labute approximate surface area is 161 Å². The summed E-state index contributed by atoms with van der Waals surface area (Å²) < 4.78 is 14.5. The van der Waals surface area contributed by atoms with Gasteiger partial charge in [-0.3, -0.25) is 4.79 Å².